The first kappa shape index (κ1) is 13.3. The third kappa shape index (κ3) is 2.05. The fourth-order valence-electron chi connectivity index (χ4n) is 2.15. The zero-order chi connectivity index (χ0) is 14.3. The Morgan fingerprint density at radius 1 is 1.15 bits per heavy atom. The highest BCUT2D eigenvalue weighted by atomic mass is 35.5. The average Bonchev–Trinajstić information content (AvgIpc) is 2.79. The molecule has 0 spiro atoms. The number of fused-ring (bicyclic) bond motifs is 1. The molecule has 0 saturated carbocycles. The summed E-state index contributed by atoms with van der Waals surface area (Å²) in [7, 11) is 0. The van der Waals surface area contributed by atoms with Crippen LogP contribution in [0.5, 0.6) is 0 Å². The molecule has 0 aliphatic heterocycles. The summed E-state index contributed by atoms with van der Waals surface area (Å²) < 4.78 is 28.6. The van der Waals surface area contributed by atoms with Gasteiger partial charge in [0.05, 0.1) is 27.6 Å². The van der Waals surface area contributed by atoms with Crippen molar-refractivity contribution in [2.75, 3.05) is 0 Å². The standard InChI is InChI=1S/C14H8Cl2F2N2/c15-7-13-19-11-3-1-2-9(16)14(11)20(13)12-5-4-8(17)6-10(12)18/h1-6H,7H2. The van der Waals surface area contributed by atoms with E-state index in [0.29, 0.717) is 21.9 Å². The summed E-state index contributed by atoms with van der Waals surface area (Å²) in [5.41, 5.74) is 1.32. The Kier molecular flexibility index (Phi) is 3.36. The van der Waals surface area contributed by atoms with E-state index in [0.717, 1.165) is 6.07 Å². The predicted octanol–water partition coefficient (Wildman–Crippen LogP) is 4.70. The topological polar surface area (TPSA) is 17.8 Å². The third-order valence-electron chi connectivity index (χ3n) is 2.97. The molecule has 2 aromatic carbocycles. The number of para-hydroxylation sites is 1. The molecule has 1 heterocycles. The Balaban J connectivity index is 2.39. The van der Waals surface area contributed by atoms with Crippen LogP contribution in [0, 0.1) is 11.6 Å². The van der Waals surface area contributed by atoms with Gasteiger partial charge in [0.1, 0.15) is 17.5 Å². The lowest BCUT2D eigenvalue weighted by molar-refractivity contribution is 0.577. The minimum Gasteiger partial charge on any atom is -0.291 e. The van der Waals surface area contributed by atoms with Gasteiger partial charge in [0, 0.05) is 6.07 Å². The average molecular weight is 313 g/mol. The molecule has 0 bridgehead atoms. The molecule has 20 heavy (non-hydrogen) atoms. The number of halogens is 4. The maximum Gasteiger partial charge on any atom is 0.150 e. The molecule has 3 rings (SSSR count). The highest BCUT2D eigenvalue weighted by Gasteiger charge is 2.17. The van der Waals surface area contributed by atoms with Crippen LogP contribution in [0.15, 0.2) is 36.4 Å². The first-order valence-electron chi connectivity index (χ1n) is 5.79. The van der Waals surface area contributed by atoms with Crippen molar-refractivity contribution < 1.29 is 8.78 Å². The molecular weight excluding hydrogens is 305 g/mol. The number of nitrogens with zero attached hydrogens (tertiary/aromatic N) is 2. The van der Waals surface area contributed by atoms with Gasteiger partial charge in [0.25, 0.3) is 0 Å². The minimum absolute atomic E-state index is 0.0851. The zero-order valence-electron chi connectivity index (χ0n) is 10.1. The zero-order valence-corrected chi connectivity index (χ0v) is 11.6. The fraction of sp³-hybridized carbons (Fsp3) is 0.0714. The summed E-state index contributed by atoms with van der Waals surface area (Å²) in [6.45, 7) is 0. The monoisotopic (exact) mass is 312 g/mol. The maximum absolute atomic E-state index is 14.0. The fourth-order valence-corrected chi connectivity index (χ4v) is 2.58. The maximum atomic E-state index is 14.0. The van der Waals surface area contributed by atoms with E-state index in [1.165, 1.54) is 16.7 Å². The van der Waals surface area contributed by atoms with Gasteiger partial charge >= 0.3 is 0 Å². The normalized spacial score (nSPS) is 11.2. The lowest BCUT2D eigenvalue weighted by Crippen LogP contribution is -2.02. The molecule has 0 radical (unpaired) electrons. The highest BCUT2D eigenvalue weighted by molar-refractivity contribution is 6.35. The minimum atomic E-state index is -0.699. The first-order valence-corrected chi connectivity index (χ1v) is 6.70. The molecule has 0 fully saturated rings. The van der Waals surface area contributed by atoms with Crippen molar-refractivity contribution in [1.82, 2.24) is 9.55 Å². The van der Waals surface area contributed by atoms with Crippen molar-refractivity contribution in [3.8, 4) is 5.69 Å². The smallest absolute Gasteiger partial charge is 0.150 e. The Bertz CT molecular complexity index is 799. The van der Waals surface area contributed by atoms with Crippen molar-refractivity contribution in [2.45, 2.75) is 5.88 Å². The molecule has 0 atom stereocenters. The summed E-state index contributed by atoms with van der Waals surface area (Å²) in [6, 6.07) is 8.53. The largest absolute Gasteiger partial charge is 0.291 e. The van der Waals surface area contributed by atoms with Gasteiger partial charge in [-0.05, 0) is 24.3 Å². The molecule has 3 aromatic rings. The molecule has 0 aliphatic carbocycles. The molecule has 6 heteroatoms. The van der Waals surface area contributed by atoms with E-state index >= 15 is 0 Å². The summed E-state index contributed by atoms with van der Waals surface area (Å²) in [6.07, 6.45) is 0. The van der Waals surface area contributed by atoms with Crippen molar-refractivity contribution in [1.29, 1.82) is 0 Å². The Morgan fingerprint density at radius 2 is 1.95 bits per heavy atom. The number of alkyl halides is 1. The summed E-state index contributed by atoms with van der Waals surface area (Å²) in [5.74, 6) is -0.813. The molecule has 102 valence electrons. The van der Waals surface area contributed by atoms with Gasteiger partial charge in [0.15, 0.2) is 0 Å². The molecule has 0 aliphatic rings. The number of benzene rings is 2. The van der Waals surface area contributed by atoms with Crippen LogP contribution in [0.1, 0.15) is 5.82 Å². The molecule has 1 aromatic heterocycles. The summed E-state index contributed by atoms with van der Waals surface area (Å²) in [5, 5.41) is 0.426. The Hall–Kier alpha value is -1.65. The van der Waals surface area contributed by atoms with Crippen LogP contribution < -0.4 is 0 Å². The molecule has 2 nitrogen and oxygen atoms in total. The van der Waals surface area contributed by atoms with Crippen LogP contribution in [0.3, 0.4) is 0 Å². The SMILES string of the molecule is Fc1ccc(-n2c(CCl)nc3cccc(Cl)c32)c(F)c1. The summed E-state index contributed by atoms with van der Waals surface area (Å²) >= 11 is 12.0. The van der Waals surface area contributed by atoms with Crippen LogP contribution >= 0.6 is 23.2 Å². The van der Waals surface area contributed by atoms with E-state index in [4.69, 9.17) is 23.2 Å². The second-order valence-corrected chi connectivity index (χ2v) is 4.87. The number of rotatable bonds is 2. The molecular formula is C14H8Cl2F2N2. The van der Waals surface area contributed by atoms with Crippen LogP contribution in [0.25, 0.3) is 16.7 Å². The molecule has 0 saturated heterocycles. The molecule has 0 amide bonds. The second kappa shape index (κ2) is 5.04. The quantitative estimate of drug-likeness (QED) is 0.627. The predicted molar refractivity (Wildman–Crippen MR) is 75.6 cm³/mol. The summed E-state index contributed by atoms with van der Waals surface area (Å²) in [4.78, 5) is 4.32. The van der Waals surface area contributed by atoms with E-state index in [2.05, 4.69) is 4.98 Å². The van der Waals surface area contributed by atoms with Gasteiger partial charge in [0.2, 0.25) is 0 Å². The van der Waals surface area contributed by atoms with E-state index in [9.17, 15) is 8.78 Å². The van der Waals surface area contributed by atoms with Gasteiger partial charge in [-0.15, -0.1) is 11.6 Å². The lowest BCUT2D eigenvalue weighted by Gasteiger charge is -2.09. The van der Waals surface area contributed by atoms with Crippen LogP contribution in [0.2, 0.25) is 5.02 Å². The van der Waals surface area contributed by atoms with E-state index in [1.54, 1.807) is 18.2 Å². The Morgan fingerprint density at radius 3 is 2.65 bits per heavy atom. The van der Waals surface area contributed by atoms with E-state index in [-0.39, 0.29) is 11.6 Å². The van der Waals surface area contributed by atoms with Crippen LogP contribution in [-0.2, 0) is 5.88 Å². The van der Waals surface area contributed by atoms with Crippen molar-refractivity contribution in [3.63, 3.8) is 0 Å². The van der Waals surface area contributed by atoms with Crippen molar-refractivity contribution in [3.05, 3.63) is 58.9 Å². The van der Waals surface area contributed by atoms with Crippen molar-refractivity contribution in [2.24, 2.45) is 0 Å². The van der Waals surface area contributed by atoms with Gasteiger partial charge in [-0.25, -0.2) is 13.8 Å². The molecule has 0 N–H and O–H groups in total. The number of aromatic nitrogens is 2. The third-order valence-corrected chi connectivity index (χ3v) is 3.51. The highest BCUT2D eigenvalue weighted by Crippen LogP contribution is 2.29. The number of hydrogen-bond donors (Lipinski definition) is 0. The van der Waals surface area contributed by atoms with Gasteiger partial charge in [-0.1, -0.05) is 17.7 Å². The number of hydrogen-bond acceptors (Lipinski definition) is 1. The molecule has 0 unspecified atom stereocenters. The van der Waals surface area contributed by atoms with E-state index in [1.807, 2.05) is 0 Å². The van der Waals surface area contributed by atoms with Gasteiger partial charge in [-0.3, -0.25) is 4.57 Å². The Labute approximate surface area is 123 Å². The first-order chi connectivity index (χ1) is 9.61. The van der Waals surface area contributed by atoms with Crippen LogP contribution in [-0.4, -0.2) is 9.55 Å². The van der Waals surface area contributed by atoms with E-state index < -0.39 is 11.6 Å². The number of imidazole rings is 1. The van der Waals surface area contributed by atoms with Crippen LogP contribution in [0.4, 0.5) is 8.78 Å². The lowest BCUT2D eigenvalue weighted by atomic mass is 10.2. The second-order valence-electron chi connectivity index (χ2n) is 4.20. The van der Waals surface area contributed by atoms with Gasteiger partial charge in [-0.2, -0.15) is 0 Å². The van der Waals surface area contributed by atoms with Gasteiger partial charge < -0.3 is 0 Å². The van der Waals surface area contributed by atoms with Crippen molar-refractivity contribution >= 4 is 34.2 Å².